The Hall–Kier alpha value is -4.85. The van der Waals surface area contributed by atoms with Gasteiger partial charge in [0.05, 0.1) is 23.6 Å². The lowest BCUT2D eigenvalue weighted by molar-refractivity contribution is -0.155. The molecule has 6 atom stereocenters. The van der Waals surface area contributed by atoms with E-state index in [-0.39, 0.29) is 69.4 Å². The Labute approximate surface area is 275 Å². The van der Waals surface area contributed by atoms with Crippen LogP contribution in [0.25, 0.3) is 27.9 Å². The van der Waals surface area contributed by atoms with Crippen LogP contribution < -0.4 is 10.6 Å². The summed E-state index contributed by atoms with van der Waals surface area (Å²) in [7, 11) is -2.65. The highest BCUT2D eigenvalue weighted by atomic mass is 32.2. The molecule has 1 aromatic carbocycles. The first kappa shape index (κ1) is 30.5. The molecule has 0 saturated heterocycles. The van der Waals surface area contributed by atoms with Gasteiger partial charge < -0.3 is 15.4 Å². The Morgan fingerprint density at radius 3 is 2.56 bits per heavy atom. The fourth-order valence-corrected chi connectivity index (χ4v) is 9.45. The maximum Gasteiger partial charge on any atom is 0.311 e. The van der Waals surface area contributed by atoms with Crippen LogP contribution in [-0.4, -0.2) is 63.5 Å². The van der Waals surface area contributed by atoms with Gasteiger partial charge in [-0.3, -0.25) is 9.59 Å². The molecule has 4 fully saturated rings. The van der Waals surface area contributed by atoms with Crippen molar-refractivity contribution >= 4 is 44.3 Å². The molecule has 0 aliphatic heterocycles. The zero-order chi connectivity index (χ0) is 33.5. The van der Waals surface area contributed by atoms with Crippen LogP contribution in [0.3, 0.4) is 0 Å². The number of anilines is 1. The third kappa shape index (κ3) is 4.67. The predicted molar refractivity (Wildman–Crippen MR) is 174 cm³/mol. The molecule has 5 aromatic rings. The van der Waals surface area contributed by atoms with Crippen LogP contribution in [0.1, 0.15) is 42.2 Å². The summed E-state index contributed by atoms with van der Waals surface area (Å²) in [5.74, 6) is 0.241. The molecule has 0 spiro atoms. The van der Waals surface area contributed by atoms with Gasteiger partial charge in [-0.05, 0) is 87.1 Å². The summed E-state index contributed by atoms with van der Waals surface area (Å²) in [5, 5.41) is 11.1. The number of aromatic nitrogens is 5. The maximum atomic E-state index is 14.7. The van der Waals surface area contributed by atoms with E-state index < -0.39 is 21.7 Å². The molecule has 9 rings (SSSR count). The number of rotatable bonds is 8. The Morgan fingerprint density at radius 1 is 1.06 bits per heavy atom. The molecule has 0 radical (unpaired) electrons. The highest BCUT2D eigenvalue weighted by Crippen LogP contribution is 2.64. The molecule has 2 bridgehead atoms. The molecule has 12 nitrogen and oxygen atoms in total. The van der Waals surface area contributed by atoms with Gasteiger partial charge in [0.15, 0.2) is 17.3 Å². The van der Waals surface area contributed by atoms with E-state index in [4.69, 9.17) is 14.8 Å². The number of ether oxygens (including phenoxy) is 1. The van der Waals surface area contributed by atoms with Gasteiger partial charge in [-0.1, -0.05) is 17.7 Å². The standard InChI is InChI=1S/C34H34FN7O5S/c1-4-47-34(44)28-20-9-10-21(23-14-22(20)23)29(28)38-31-26-11-12-27(33(43)36-3)42(26)40-30(39-31)25-16-41(32-24(25)13-18(35)15-37-32)48(45,46)19-7-5-17(2)6-8-19/h5-8,11-13,15-16,20-23,28-29H,4,9-10,14H2,1-3H3,(H,36,43)(H,38,39,40)/t20-,21+,22?,23?,28-,29-/m0/s1. The van der Waals surface area contributed by atoms with Crippen molar-refractivity contribution in [1.82, 2.24) is 28.9 Å². The third-order valence-corrected chi connectivity index (χ3v) is 12.0. The number of hydrogen-bond donors (Lipinski definition) is 2. The van der Waals surface area contributed by atoms with Crippen molar-refractivity contribution in [1.29, 1.82) is 0 Å². The van der Waals surface area contributed by atoms with Crippen molar-refractivity contribution in [2.24, 2.45) is 29.6 Å². The summed E-state index contributed by atoms with van der Waals surface area (Å²) >= 11 is 0. The Bertz CT molecular complexity index is 2230. The smallest absolute Gasteiger partial charge is 0.311 e. The lowest BCUT2D eigenvalue weighted by atomic mass is 9.61. The number of fused-ring (bicyclic) bond motifs is 4. The molecule has 248 valence electrons. The minimum atomic E-state index is -4.16. The molecular weight excluding hydrogens is 637 g/mol. The number of esters is 1. The quantitative estimate of drug-likeness (QED) is 0.229. The minimum Gasteiger partial charge on any atom is -0.466 e. The van der Waals surface area contributed by atoms with Gasteiger partial charge in [0.25, 0.3) is 15.9 Å². The van der Waals surface area contributed by atoms with E-state index in [0.29, 0.717) is 23.2 Å². The average Bonchev–Trinajstić information content (AvgIpc) is 3.66. The molecule has 14 heteroatoms. The van der Waals surface area contributed by atoms with Crippen LogP contribution in [0.4, 0.5) is 10.2 Å². The number of amides is 1. The molecule has 2 N–H and O–H groups in total. The zero-order valence-corrected chi connectivity index (χ0v) is 27.4. The Kier molecular flexibility index (Phi) is 7.06. The summed E-state index contributed by atoms with van der Waals surface area (Å²) in [5.41, 5.74) is 1.80. The van der Waals surface area contributed by atoms with Crippen LogP contribution >= 0.6 is 0 Å². The first-order chi connectivity index (χ1) is 23.1. The summed E-state index contributed by atoms with van der Waals surface area (Å²) in [6.45, 7) is 3.94. The maximum absolute atomic E-state index is 14.7. The number of hydrogen-bond acceptors (Lipinski definition) is 9. The predicted octanol–water partition coefficient (Wildman–Crippen LogP) is 4.43. The van der Waals surface area contributed by atoms with Crippen molar-refractivity contribution in [2.75, 3.05) is 19.0 Å². The van der Waals surface area contributed by atoms with Gasteiger partial charge in [0, 0.05) is 30.2 Å². The number of carbonyl (C=O) groups excluding carboxylic acids is 2. The van der Waals surface area contributed by atoms with Gasteiger partial charge in [-0.25, -0.2) is 31.3 Å². The molecule has 4 aliphatic carbocycles. The fourth-order valence-electron chi connectivity index (χ4n) is 8.13. The summed E-state index contributed by atoms with van der Waals surface area (Å²) in [6, 6.07) is 10.7. The minimum absolute atomic E-state index is 0.00375. The highest BCUT2D eigenvalue weighted by Gasteiger charge is 2.63. The Balaban J connectivity index is 1.31. The number of halogens is 1. The second-order valence-electron chi connectivity index (χ2n) is 13.0. The number of aryl methyl sites for hydroxylation is 1. The van der Waals surface area contributed by atoms with Crippen molar-refractivity contribution in [3.8, 4) is 11.4 Å². The van der Waals surface area contributed by atoms with Gasteiger partial charge in [-0.15, -0.1) is 5.10 Å². The van der Waals surface area contributed by atoms with E-state index in [9.17, 15) is 22.4 Å². The molecule has 4 aliphatic rings. The largest absolute Gasteiger partial charge is 0.466 e. The average molecular weight is 672 g/mol. The topological polar surface area (TPSA) is 150 Å². The lowest BCUT2D eigenvalue weighted by Crippen LogP contribution is -2.53. The van der Waals surface area contributed by atoms with Crippen molar-refractivity contribution in [3.63, 3.8) is 0 Å². The second-order valence-corrected chi connectivity index (χ2v) is 14.8. The zero-order valence-electron chi connectivity index (χ0n) is 26.6. The molecule has 4 aromatic heterocycles. The molecule has 48 heavy (non-hydrogen) atoms. The first-order valence-corrected chi connectivity index (χ1v) is 17.6. The molecular formula is C34H34FN7O5S. The van der Waals surface area contributed by atoms with E-state index >= 15 is 0 Å². The Morgan fingerprint density at radius 2 is 1.81 bits per heavy atom. The summed E-state index contributed by atoms with van der Waals surface area (Å²) < 4.78 is 50.6. The van der Waals surface area contributed by atoms with E-state index in [1.165, 1.54) is 36.0 Å². The van der Waals surface area contributed by atoms with Crippen LogP contribution in [0, 0.1) is 42.3 Å². The van der Waals surface area contributed by atoms with Gasteiger partial charge >= 0.3 is 5.97 Å². The number of nitrogens with one attached hydrogen (secondary N) is 2. The van der Waals surface area contributed by atoms with E-state index in [1.54, 1.807) is 31.2 Å². The van der Waals surface area contributed by atoms with E-state index in [1.807, 2.05) is 6.92 Å². The first-order valence-electron chi connectivity index (χ1n) is 16.1. The fraction of sp³-hybridized carbons (Fsp3) is 0.382. The highest BCUT2D eigenvalue weighted by molar-refractivity contribution is 7.90. The monoisotopic (exact) mass is 671 g/mol. The van der Waals surface area contributed by atoms with Crippen LogP contribution in [0.5, 0.6) is 0 Å². The van der Waals surface area contributed by atoms with Crippen molar-refractivity contribution in [3.05, 3.63) is 71.9 Å². The number of pyridine rings is 1. The van der Waals surface area contributed by atoms with Crippen molar-refractivity contribution in [2.45, 2.75) is 44.0 Å². The number of carbonyl (C=O) groups is 2. The molecule has 4 saturated carbocycles. The van der Waals surface area contributed by atoms with E-state index in [2.05, 4.69) is 15.6 Å². The number of nitrogens with zero attached hydrogens (tertiary/aromatic N) is 5. The third-order valence-electron chi connectivity index (χ3n) is 10.4. The van der Waals surface area contributed by atoms with E-state index in [0.717, 1.165) is 35.0 Å². The lowest BCUT2D eigenvalue weighted by Gasteiger charge is -2.47. The molecule has 2 unspecified atom stereocenters. The van der Waals surface area contributed by atoms with Gasteiger partial charge in [0.2, 0.25) is 0 Å². The molecule has 4 heterocycles. The number of benzene rings is 1. The van der Waals surface area contributed by atoms with Crippen LogP contribution in [0.15, 0.2) is 59.8 Å². The van der Waals surface area contributed by atoms with Gasteiger partial charge in [-0.2, -0.15) is 0 Å². The summed E-state index contributed by atoms with van der Waals surface area (Å²) in [4.78, 5) is 35.4. The van der Waals surface area contributed by atoms with Crippen LogP contribution in [0.2, 0.25) is 0 Å². The molecule has 1 amide bonds. The SMILES string of the molecule is CCOC(=O)[C@@H]1[C@@H](Nc2nc(-c3cn(S(=O)(=O)c4ccc(C)cc4)c4ncc(F)cc34)nn3c(C(=O)NC)ccc23)[C@@H]2CC[C@H]1C1CC12. The van der Waals surface area contributed by atoms with Crippen LogP contribution in [-0.2, 0) is 19.6 Å². The van der Waals surface area contributed by atoms with Gasteiger partial charge in [0.1, 0.15) is 17.0 Å². The summed E-state index contributed by atoms with van der Waals surface area (Å²) in [6.07, 6.45) is 5.33. The normalized spacial score (nSPS) is 24.4. The second kappa shape index (κ2) is 11.1. The van der Waals surface area contributed by atoms with Crippen molar-refractivity contribution < 1.29 is 27.1 Å².